The van der Waals surface area contributed by atoms with Crippen LogP contribution in [-0.2, 0) is 26.2 Å². The van der Waals surface area contributed by atoms with E-state index in [9.17, 15) is 22.4 Å². The fraction of sp³-hybridized carbons (Fsp3) is 0.355. The Balaban J connectivity index is 2.07. The van der Waals surface area contributed by atoms with Crippen LogP contribution in [0.5, 0.6) is 5.75 Å². The van der Waals surface area contributed by atoms with Gasteiger partial charge in [0.15, 0.2) is 0 Å². The predicted molar refractivity (Wildman–Crippen MR) is 168 cm³/mol. The molecule has 43 heavy (non-hydrogen) atoms. The Morgan fingerprint density at radius 2 is 1.60 bits per heavy atom. The van der Waals surface area contributed by atoms with Crippen molar-refractivity contribution in [3.05, 3.63) is 88.2 Å². The van der Waals surface area contributed by atoms with Crippen molar-refractivity contribution >= 4 is 50.7 Å². The minimum atomic E-state index is -4.33. The lowest BCUT2D eigenvalue weighted by Gasteiger charge is -2.34. The van der Waals surface area contributed by atoms with E-state index in [0.717, 1.165) is 16.4 Å². The Kier molecular flexibility index (Phi) is 12.2. The number of sulfonamides is 1. The van der Waals surface area contributed by atoms with E-state index in [4.69, 9.17) is 27.9 Å². The zero-order valence-corrected chi connectivity index (χ0v) is 26.8. The largest absolute Gasteiger partial charge is 0.494 e. The van der Waals surface area contributed by atoms with Crippen LogP contribution in [0, 0.1) is 5.82 Å². The van der Waals surface area contributed by atoms with Crippen LogP contribution in [0.4, 0.5) is 10.1 Å². The van der Waals surface area contributed by atoms with Crippen LogP contribution < -0.4 is 14.4 Å². The summed E-state index contributed by atoms with van der Waals surface area (Å²) in [4.78, 5) is 28.7. The molecular formula is C31H36Cl2FN3O5S. The number of rotatable bonds is 14. The van der Waals surface area contributed by atoms with Crippen molar-refractivity contribution in [2.45, 2.75) is 64.1 Å². The molecule has 3 aromatic rings. The van der Waals surface area contributed by atoms with E-state index in [1.165, 1.54) is 47.4 Å². The van der Waals surface area contributed by atoms with Crippen molar-refractivity contribution in [3.63, 3.8) is 0 Å². The smallest absolute Gasteiger partial charge is 0.264 e. The predicted octanol–water partition coefficient (Wildman–Crippen LogP) is 6.45. The third-order valence-electron chi connectivity index (χ3n) is 6.86. The van der Waals surface area contributed by atoms with Gasteiger partial charge in [-0.3, -0.25) is 13.9 Å². The molecule has 0 fully saturated rings. The lowest BCUT2D eigenvalue weighted by Crippen LogP contribution is -2.53. The van der Waals surface area contributed by atoms with E-state index < -0.39 is 34.3 Å². The summed E-state index contributed by atoms with van der Waals surface area (Å²) >= 11 is 12.5. The molecule has 0 aromatic heterocycles. The van der Waals surface area contributed by atoms with Gasteiger partial charge in [-0.15, -0.1) is 0 Å². The van der Waals surface area contributed by atoms with Gasteiger partial charge in [-0.2, -0.15) is 0 Å². The average molecular weight is 653 g/mol. The molecule has 1 N–H and O–H groups in total. The summed E-state index contributed by atoms with van der Waals surface area (Å²) in [7, 11) is -4.33. The molecule has 0 saturated carbocycles. The summed E-state index contributed by atoms with van der Waals surface area (Å²) in [5.41, 5.74) is 0.599. The number of carbonyl (C=O) groups is 2. The molecule has 8 nitrogen and oxygen atoms in total. The van der Waals surface area contributed by atoms with Gasteiger partial charge in [-0.05, 0) is 92.9 Å². The first-order valence-electron chi connectivity index (χ1n) is 14.0. The van der Waals surface area contributed by atoms with Crippen LogP contribution >= 0.6 is 23.2 Å². The number of nitrogens with zero attached hydrogens (tertiary/aromatic N) is 2. The van der Waals surface area contributed by atoms with Gasteiger partial charge in [0.1, 0.15) is 24.2 Å². The Labute approximate surface area is 262 Å². The van der Waals surface area contributed by atoms with E-state index >= 15 is 0 Å². The molecule has 0 aliphatic carbocycles. The first-order chi connectivity index (χ1) is 20.4. The molecule has 12 heteroatoms. The Morgan fingerprint density at radius 1 is 0.953 bits per heavy atom. The SMILES string of the molecule is CCOc1ccc(S(=O)(=O)N(CC(=O)N(Cc2ccc(Cl)cc2Cl)[C@H](CC)C(=O)N[C@H](C)CC)c2ccc(F)cc2)cc1. The van der Waals surface area contributed by atoms with Crippen LogP contribution in [0.25, 0.3) is 0 Å². The Hall–Kier alpha value is -3.34. The van der Waals surface area contributed by atoms with Gasteiger partial charge >= 0.3 is 0 Å². The maximum atomic E-state index is 14.1. The van der Waals surface area contributed by atoms with Crippen molar-refractivity contribution < 1.29 is 27.1 Å². The van der Waals surface area contributed by atoms with Crippen molar-refractivity contribution in [1.82, 2.24) is 10.2 Å². The molecule has 0 heterocycles. The monoisotopic (exact) mass is 651 g/mol. The number of hydrogen-bond donors (Lipinski definition) is 1. The molecule has 2 atom stereocenters. The standard InChI is InChI=1S/C31H36Cl2FN3O5S/c1-5-21(4)35-31(39)29(6-2)36(19-22-8-9-23(32)18-28(22)33)30(38)20-37(25-12-10-24(34)11-13-25)43(40,41)27-16-14-26(15-17-27)42-7-3/h8-18,21,29H,5-7,19-20H2,1-4H3,(H,35,39)/t21-,29-/m1/s1. The zero-order chi connectivity index (χ0) is 31.7. The summed E-state index contributed by atoms with van der Waals surface area (Å²) in [6.07, 6.45) is 0.930. The number of hydrogen-bond acceptors (Lipinski definition) is 5. The van der Waals surface area contributed by atoms with Crippen LogP contribution in [0.2, 0.25) is 10.0 Å². The molecule has 0 saturated heterocycles. The summed E-state index contributed by atoms with van der Waals surface area (Å²) in [6.45, 7) is 7.00. The van der Waals surface area contributed by atoms with Gasteiger partial charge in [0.05, 0.1) is 17.2 Å². The second kappa shape index (κ2) is 15.4. The molecule has 0 aliphatic rings. The summed E-state index contributed by atoms with van der Waals surface area (Å²) in [5.74, 6) is -1.12. The minimum absolute atomic E-state index is 0.0743. The number of ether oxygens (including phenoxy) is 1. The fourth-order valence-corrected chi connectivity index (χ4v) is 6.21. The third kappa shape index (κ3) is 8.84. The first-order valence-corrected chi connectivity index (χ1v) is 16.2. The second-order valence-corrected chi connectivity index (χ2v) is 12.6. The van der Waals surface area contributed by atoms with Gasteiger partial charge < -0.3 is 15.0 Å². The minimum Gasteiger partial charge on any atom is -0.494 e. The van der Waals surface area contributed by atoms with Gasteiger partial charge in [-0.1, -0.05) is 43.1 Å². The molecule has 0 spiro atoms. The molecule has 3 aromatic carbocycles. The summed E-state index contributed by atoms with van der Waals surface area (Å²) < 4.78 is 48.1. The van der Waals surface area contributed by atoms with Crippen LogP contribution in [0.1, 0.15) is 46.1 Å². The van der Waals surface area contributed by atoms with E-state index in [-0.39, 0.29) is 35.5 Å². The van der Waals surface area contributed by atoms with Crippen molar-refractivity contribution in [3.8, 4) is 5.75 Å². The zero-order valence-electron chi connectivity index (χ0n) is 24.5. The maximum absolute atomic E-state index is 14.1. The topological polar surface area (TPSA) is 96.0 Å². The Bertz CT molecular complexity index is 1500. The number of carbonyl (C=O) groups excluding carboxylic acids is 2. The number of nitrogens with one attached hydrogen (secondary N) is 1. The molecule has 0 bridgehead atoms. The van der Waals surface area contributed by atoms with Crippen LogP contribution in [-0.4, -0.2) is 50.4 Å². The van der Waals surface area contributed by atoms with E-state index in [1.54, 1.807) is 19.1 Å². The number of amides is 2. The average Bonchev–Trinajstić information content (AvgIpc) is 2.97. The van der Waals surface area contributed by atoms with Gasteiger partial charge in [-0.25, -0.2) is 12.8 Å². The highest BCUT2D eigenvalue weighted by Gasteiger charge is 2.34. The number of anilines is 1. The number of benzene rings is 3. The highest BCUT2D eigenvalue weighted by molar-refractivity contribution is 7.92. The lowest BCUT2D eigenvalue weighted by atomic mass is 10.1. The molecule has 3 rings (SSSR count). The second-order valence-electron chi connectivity index (χ2n) is 9.89. The lowest BCUT2D eigenvalue weighted by molar-refractivity contribution is -0.140. The highest BCUT2D eigenvalue weighted by atomic mass is 35.5. The molecular weight excluding hydrogens is 616 g/mol. The molecule has 232 valence electrons. The third-order valence-corrected chi connectivity index (χ3v) is 9.23. The maximum Gasteiger partial charge on any atom is 0.264 e. The van der Waals surface area contributed by atoms with E-state index in [0.29, 0.717) is 34.4 Å². The summed E-state index contributed by atoms with van der Waals surface area (Å²) in [6, 6.07) is 14.3. The molecule has 2 amide bonds. The van der Waals surface area contributed by atoms with E-state index in [2.05, 4.69) is 5.32 Å². The molecule has 0 unspecified atom stereocenters. The molecule has 0 radical (unpaired) electrons. The highest BCUT2D eigenvalue weighted by Crippen LogP contribution is 2.28. The number of halogens is 3. The van der Waals surface area contributed by atoms with E-state index in [1.807, 2.05) is 20.8 Å². The van der Waals surface area contributed by atoms with Gasteiger partial charge in [0, 0.05) is 22.6 Å². The first kappa shape index (κ1) is 34.2. The normalized spacial score (nSPS) is 12.7. The van der Waals surface area contributed by atoms with Crippen molar-refractivity contribution in [2.24, 2.45) is 0 Å². The van der Waals surface area contributed by atoms with Gasteiger partial charge in [0.2, 0.25) is 11.8 Å². The van der Waals surface area contributed by atoms with Crippen molar-refractivity contribution in [1.29, 1.82) is 0 Å². The van der Waals surface area contributed by atoms with Gasteiger partial charge in [0.25, 0.3) is 10.0 Å². The Morgan fingerprint density at radius 3 is 2.16 bits per heavy atom. The molecule has 0 aliphatic heterocycles. The quantitative estimate of drug-likeness (QED) is 0.216. The van der Waals surface area contributed by atoms with Crippen LogP contribution in [0.3, 0.4) is 0 Å². The van der Waals surface area contributed by atoms with Crippen molar-refractivity contribution in [2.75, 3.05) is 17.5 Å². The fourth-order valence-electron chi connectivity index (χ4n) is 4.33. The van der Waals surface area contributed by atoms with Crippen LogP contribution in [0.15, 0.2) is 71.6 Å². The summed E-state index contributed by atoms with van der Waals surface area (Å²) in [5, 5.41) is 3.61.